The first-order valence-electron chi connectivity index (χ1n) is 5.94. The van der Waals surface area contributed by atoms with E-state index in [1.807, 2.05) is 41.9 Å². The molecule has 1 heterocycles. The highest BCUT2D eigenvalue weighted by Gasteiger charge is 2.18. The molecule has 0 spiro atoms. The number of nitrogens with zero attached hydrogens (tertiary/aromatic N) is 1. The van der Waals surface area contributed by atoms with Crippen LogP contribution in [0.4, 0.5) is 0 Å². The van der Waals surface area contributed by atoms with Gasteiger partial charge in [0.2, 0.25) is 10.0 Å². The van der Waals surface area contributed by atoms with Crippen molar-refractivity contribution in [1.82, 2.24) is 9.29 Å². The van der Waals surface area contributed by atoms with Gasteiger partial charge in [-0.2, -0.15) is 0 Å². The minimum Gasteiger partial charge on any atom is -0.478 e. The fraction of sp³-hybridized carbons (Fsp3) is 0.154. The van der Waals surface area contributed by atoms with Crippen LogP contribution in [0.1, 0.15) is 16.1 Å². The van der Waals surface area contributed by atoms with Gasteiger partial charge in [-0.05, 0) is 52.9 Å². The lowest BCUT2D eigenvalue weighted by atomic mass is 10.2. The van der Waals surface area contributed by atoms with E-state index in [9.17, 15) is 13.2 Å². The molecule has 2 N–H and O–H groups in total. The summed E-state index contributed by atoms with van der Waals surface area (Å²) >= 11 is 1.86. The quantitative estimate of drug-likeness (QED) is 0.723. The van der Waals surface area contributed by atoms with Crippen molar-refractivity contribution in [2.75, 3.05) is 0 Å². The molecule has 21 heavy (non-hydrogen) atoms. The molecular formula is C13H13IN2O4S. The fourth-order valence-electron chi connectivity index (χ4n) is 1.77. The summed E-state index contributed by atoms with van der Waals surface area (Å²) in [6.07, 6.45) is 1.82. The first-order chi connectivity index (χ1) is 9.81. The second kappa shape index (κ2) is 6.16. The van der Waals surface area contributed by atoms with Gasteiger partial charge in [-0.3, -0.25) is 0 Å². The van der Waals surface area contributed by atoms with Crippen molar-refractivity contribution in [3.63, 3.8) is 0 Å². The number of sulfonamides is 1. The zero-order chi connectivity index (χ0) is 15.6. The number of halogens is 1. The zero-order valence-corrected chi connectivity index (χ0v) is 14.1. The Kier molecular flexibility index (Phi) is 4.69. The molecule has 0 bridgehead atoms. The average Bonchev–Trinajstić information content (AvgIpc) is 2.82. The van der Waals surface area contributed by atoms with Crippen molar-refractivity contribution in [3.05, 3.63) is 51.4 Å². The van der Waals surface area contributed by atoms with Gasteiger partial charge in [0, 0.05) is 22.5 Å². The Morgan fingerprint density at radius 2 is 2.10 bits per heavy atom. The predicted octanol–water partition coefficient (Wildman–Crippen LogP) is 1.81. The first kappa shape index (κ1) is 16.0. The summed E-state index contributed by atoms with van der Waals surface area (Å²) in [6, 6.07) is 7.65. The first-order valence-corrected chi connectivity index (χ1v) is 8.50. The molecule has 2 aromatic rings. The number of aryl methyl sites for hydroxylation is 1. The third kappa shape index (κ3) is 3.63. The van der Waals surface area contributed by atoms with Crippen molar-refractivity contribution in [2.45, 2.75) is 11.4 Å². The van der Waals surface area contributed by atoms with Gasteiger partial charge in [0.15, 0.2) is 0 Å². The lowest BCUT2D eigenvalue weighted by Crippen LogP contribution is -2.24. The van der Waals surface area contributed by atoms with E-state index in [0.29, 0.717) is 3.57 Å². The SMILES string of the molecule is Cn1cccc1CNS(=O)(=O)c1ccc(I)c(C(=O)O)c1. The highest BCUT2D eigenvalue weighted by atomic mass is 127. The molecule has 8 heteroatoms. The fourth-order valence-corrected chi connectivity index (χ4v) is 3.36. The maximum atomic E-state index is 12.2. The van der Waals surface area contributed by atoms with Crippen LogP contribution >= 0.6 is 22.6 Å². The van der Waals surface area contributed by atoms with Crippen molar-refractivity contribution in [3.8, 4) is 0 Å². The number of carboxylic acid groups (broad SMARTS) is 1. The van der Waals surface area contributed by atoms with E-state index in [1.54, 1.807) is 10.6 Å². The molecule has 0 saturated carbocycles. The van der Waals surface area contributed by atoms with Crippen LogP contribution in [0.25, 0.3) is 0 Å². The lowest BCUT2D eigenvalue weighted by Gasteiger charge is -2.09. The Morgan fingerprint density at radius 3 is 2.67 bits per heavy atom. The number of rotatable bonds is 5. The summed E-state index contributed by atoms with van der Waals surface area (Å²) in [6.45, 7) is 0.139. The molecule has 0 aliphatic heterocycles. The molecule has 0 fully saturated rings. The number of aromatic nitrogens is 1. The Bertz CT molecular complexity index is 783. The molecule has 0 radical (unpaired) electrons. The van der Waals surface area contributed by atoms with Crippen molar-refractivity contribution in [2.24, 2.45) is 7.05 Å². The van der Waals surface area contributed by atoms with Crippen LogP contribution in [0.15, 0.2) is 41.4 Å². The molecule has 0 saturated heterocycles. The van der Waals surface area contributed by atoms with Gasteiger partial charge in [0.1, 0.15) is 0 Å². The van der Waals surface area contributed by atoms with E-state index < -0.39 is 16.0 Å². The Hall–Kier alpha value is -1.39. The molecule has 0 atom stereocenters. The third-order valence-electron chi connectivity index (χ3n) is 2.97. The van der Waals surface area contributed by atoms with Gasteiger partial charge in [-0.25, -0.2) is 17.9 Å². The van der Waals surface area contributed by atoms with Gasteiger partial charge in [0.25, 0.3) is 0 Å². The minimum absolute atomic E-state index is 0.0302. The number of hydrogen-bond acceptors (Lipinski definition) is 3. The standard InChI is InChI=1S/C13H13IN2O4S/c1-16-6-2-3-9(16)8-15-21(19,20)10-4-5-12(14)11(7-10)13(17)18/h2-7,15H,8H2,1H3,(H,17,18). The van der Waals surface area contributed by atoms with Crippen molar-refractivity contribution < 1.29 is 18.3 Å². The number of hydrogen-bond donors (Lipinski definition) is 2. The molecule has 1 aromatic heterocycles. The maximum absolute atomic E-state index is 12.2. The topological polar surface area (TPSA) is 88.4 Å². The summed E-state index contributed by atoms with van der Waals surface area (Å²) < 4.78 is 29.2. The molecule has 6 nitrogen and oxygen atoms in total. The van der Waals surface area contributed by atoms with E-state index in [4.69, 9.17) is 5.11 Å². The molecule has 1 aromatic carbocycles. The third-order valence-corrected chi connectivity index (χ3v) is 5.31. The van der Waals surface area contributed by atoms with Crippen LogP contribution in [0.2, 0.25) is 0 Å². The Balaban J connectivity index is 2.26. The molecule has 0 unspecified atom stereocenters. The Labute approximate surface area is 136 Å². The van der Waals surface area contributed by atoms with E-state index in [-0.39, 0.29) is 17.0 Å². The molecule has 0 aliphatic rings. The number of carboxylic acids is 1. The van der Waals surface area contributed by atoms with E-state index >= 15 is 0 Å². The van der Waals surface area contributed by atoms with Gasteiger partial charge in [-0.1, -0.05) is 0 Å². The van der Waals surface area contributed by atoms with Crippen LogP contribution < -0.4 is 4.72 Å². The second-order valence-corrected chi connectivity index (χ2v) is 7.31. The molecule has 2 rings (SSSR count). The molecule has 0 amide bonds. The summed E-state index contributed by atoms with van der Waals surface area (Å²) in [5.41, 5.74) is 0.778. The average molecular weight is 420 g/mol. The number of nitrogens with one attached hydrogen (secondary N) is 1. The van der Waals surface area contributed by atoms with Crippen LogP contribution in [0, 0.1) is 3.57 Å². The summed E-state index contributed by atoms with van der Waals surface area (Å²) in [7, 11) is -1.94. The lowest BCUT2D eigenvalue weighted by molar-refractivity contribution is 0.0695. The second-order valence-electron chi connectivity index (χ2n) is 4.38. The molecule has 112 valence electrons. The highest BCUT2D eigenvalue weighted by Crippen LogP contribution is 2.18. The van der Waals surface area contributed by atoms with E-state index in [0.717, 1.165) is 11.8 Å². The van der Waals surface area contributed by atoms with Gasteiger partial charge < -0.3 is 9.67 Å². The number of benzene rings is 1. The van der Waals surface area contributed by atoms with Crippen molar-refractivity contribution in [1.29, 1.82) is 0 Å². The van der Waals surface area contributed by atoms with Crippen LogP contribution in [0.5, 0.6) is 0 Å². The van der Waals surface area contributed by atoms with Gasteiger partial charge >= 0.3 is 5.97 Å². The van der Waals surface area contributed by atoms with E-state index in [2.05, 4.69) is 4.72 Å². The summed E-state index contributed by atoms with van der Waals surface area (Å²) in [4.78, 5) is 11.0. The zero-order valence-electron chi connectivity index (χ0n) is 11.1. The molecule has 0 aliphatic carbocycles. The highest BCUT2D eigenvalue weighted by molar-refractivity contribution is 14.1. The summed E-state index contributed by atoms with van der Waals surface area (Å²) in [5.74, 6) is -1.15. The van der Waals surface area contributed by atoms with Crippen LogP contribution in [-0.2, 0) is 23.6 Å². The maximum Gasteiger partial charge on any atom is 0.336 e. The van der Waals surface area contributed by atoms with Gasteiger partial charge in [-0.15, -0.1) is 0 Å². The Morgan fingerprint density at radius 1 is 1.38 bits per heavy atom. The van der Waals surface area contributed by atoms with Crippen LogP contribution in [-0.4, -0.2) is 24.1 Å². The van der Waals surface area contributed by atoms with Gasteiger partial charge in [0.05, 0.1) is 17.0 Å². The number of aromatic carboxylic acids is 1. The van der Waals surface area contributed by atoms with Crippen LogP contribution in [0.3, 0.4) is 0 Å². The smallest absolute Gasteiger partial charge is 0.336 e. The largest absolute Gasteiger partial charge is 0.478 e. The monoisotopic (exact) mass is 420 g/mol. The van der Waals surface area contributed by atoms with Crippen molar-refractivity contribution >= 4 is 38.6 Å². The number of carbonyl (C=O) groups is 1. The summed E-state index contributed by atoms with van der Waals surface area (Å²) in [5, 5.41) is 9.05. The molecular weight excluding hydrogens is 407 g/mol. The minimum atomic E-state index is -3.76. The predicted molar refractivity (Wildman–Crippen MR) is 85.6 cm³/mol. The normalized spacial score (nSPS) is 11.5. The van der Waals surface area contributed by atoms with E-state index in [1.165, 1.54) is 12.1 Å².